The average molecular weight is 478 g/mol. The third-order valence-corrected chi connectivity index (χ3v) is 6.42. The number of benzene rings is 2. The first kappa shape index (κ1) is 22.4. The van der Waals surface area contributed by atoms with Gasteiger partial charge in [0.15, 0.2) is 5.82 Å². The van der Waals surface area contributed by atoms with Crippen LogP contribution in [0, 0.1) is 0 Å². The zero-order chi connectivity index (χ0) is 23.3. The molecule has 3 aromatic rings. The van der Waals surface area contributed by atoms with Crippen molar-refractivity contribution in [3.8, 4) is 0 Å². The van der Waals surface area contributed by atoms with E-state index >= 15 is 0 Å². The average Bonchev–Trinajstić information content (AvgIpc) is 3.35. The Labute approximate surface area is 204 Å². The number of amides is 2. The number of anilines is 5. The number of hydrogen-bond acceptors (Lipinski definition) is 6. The van der Waals surface area contributed by atoms with Crippen molar-refractivity contribution in [3.05, 3.63) is 64.8 Å². The molecule has 9 heteroatoms. The number of aromatic nitrogens is 2. The number of rotatable bonds is 4. The Bertz CT molecular complexity index is 1180. The van der Waals surface area contributed by atoms with Gasteiger partial charge in [-0.2, -0.15) is 4.98 Å². The number of hydrogen-bond donors (Lipinski definition) is 4. The van der Waals surface area contributed by atoms with Gasteiger partial charge >= 0.3 is 6.03 Å². The Hall–Kier alpha value is -3.36. The highest BCUT2D eigenvalue weighted by molar-refractivity contribution is 6.32. The fourth-order valence-electron chi connectivity index (χ4n) is 4.36. The molecule has 0 unspecified atom stereocenters. The normalized spacial score (nSPS) is 15.2. The van der Waals surface area contributed by atoms with Gasteiger partial charge in [-0.1, -0.05) is 23.7 Å². The molecule has 5 rings (SSSR count). The fraction of sp³-hybridized carbons (Fsp3) is 0.320. The van der Waals surface area contributed by atoms with E-state index in [1.54, 1.807) is 6.20 Å². The van der Waals surface area contributed by atoms with Crippen LogP contribution in [0.1, 0.15) is 24.0 Å². The quantitative estimate of drug-likeness (QED) is 0.425. The van der Waals surface area contributed by atoms with E-state index in [0.717, 1.165) is 55.1 Å². The summed E-state index contributed by atoms with van der Waals surface area (Å²) in [6.07, 6.45) is 5.65. The number of nitrogens with zero attached hydrogens (tertiary/aromatic N) is 3. The molecule has 1 saturated heterocycles. The van der Waals surface area contributed by atoms with E-state index in [1.165, 1.54) is 18.4 Å². The van der Waals surface area contributed by atoms with E-state index < -0.39 is 0 Å². The van der Waals surface area contributed by atoms with Crippen LogP contribution >= 0.6 is 11.6 Å². The van der Waals surface area contributed by atoms with Gasteiger partial charge in [-0.3, -0.25) is 0 Å². The lowest BCUT2D eigenvalue weighted by atomic mass is 10.0. The number of halogens is 1. The molecule has 0 radical (unpaired) electrons. The minimum absolute atomic E-state index is 0.186. The minimum Gasteiger partial charge on any atom is -0.339 e. The summed E-state index contributed by atoms with van der Waals surface area (Å²) in [7, 11) is 0. The molecule has 8 nitrogen and oxygen atoms in total. The molecule has 1 fully saturated rings. The van der Waals surface area contributed by atoms with Crippen molar-refractivity contribution in [2.45, 2.75) is 25.7 Å². The van der Waals surface area contributed by atoms with Crippen LogP contribution in [0.25, 0.3) is 0 Å². The summed E-state index contributed by atoms with van der Waals surface area (Å²) >= 11 is 6.34. The predicted molar refractivity (Wildman–Crippen MR) is 137 cm³/mol. The van der Waals surface area contributed by atoms with E-state index in [-0.39, 0.29) is 6.03 Å². The van der Waals surface area contributed by atoms with Crippen molar-refractivity contribution in [3.63, 3.8) is 0 Å². The molecular weight excluding hydrogens is 450 g/mol. The van der Waals surface area contributed by atoms with Crippen molar-refractivity contribution < 1.29 is 4.79 Å². The van der Waals surface area contributed by atoms with Crippen LogP contribution in [0.3, 0.4) is 0 Å². The molecule has 2 aromatic carbocycles. The summed E-state index contributed by atoms with van der Waals surface area (Å²) in [5.74, 6) is 0.980. The van der Waals surface area contributed by atoms with Crippen LogP contribution in [0.15, 0.2) is 48.7 Å². The van der Waals surface area contributed by atoms with Gasteiger partial charge in [-0.25, -0.2) is 9.78 Å². The van der Waals surface area contributed by atoms with Crippen LogP contribution in [-0.2, 0) is 12.8 Å². The van der Waals surface area contributed by atoms with Gasteiger partial charge in [0, 0.05) is 30.2 Å². The second-order valence-electron chi connectivity index (χ2n) is 8.64. The number of nitrogens with one attached hydrogen (secondary N) is 4. The molecule has 34 heavy (non-hydrogen) atoms. The van der Waals surface area contributed by atoms with Gasteiger partial charge < -0.3 is 26.2 Å². The maximum atomic E-state index is 12.6. The Morgan fingerprint density at radius 1 is 1.06 bits per heavy atom. The van der Waals surface area contributed by atoms with Crippen molar-refractivity contribution >= 4 is 46.5 Å². The van der Waals surface area contributed by atoms with Gasteiger partial charge in [-0.05, 0) is 80.2 Å². The Morgan fingerprint density at radius 2 is 1.91 bits per heavy atom. The van der Waals surface area contributed by atoms with Crippen molar-refractivity contribution in [2.24, 2.45) is 0 Å². The number of aryl methyl sites for hydroxylation is 2. The van der Waals surface area contributed by atoms with E-state index in [1.807, 2.05) is 30.3 Å². The van der Waals surface area contributed by atoms with Crippen LogP contribution in [0.4, 0.5) is 33.6 Å². The third-order valence-electron chi connectivity index (χ3n) is 6.14. The molecule has 176 valence electrons. The Morgan fingerprint density at radius 3 is 2.79 bits per heavy atom. The van der Waals surface area contributed by atoms with Crippen molar-refractivity contribution in [1.82, 2.24) is 20.2 Å². The third kappa shape index (κ3) is 5.58. The molecule has 6 bridgehead atoms. The molecule has 4 N–H and O–H groups in total. The largest absolute Gasteiger partial charge is 0.339 e. The maximum Gasteiger partial charge on any atom is 0.319 e. The van der Waals surface area contributed by atoms with E-state index in [9.17, 15) is 4.79 Å². The Kier molecular flexibility index (Phi) is 6.78. The number of likely N-dealkylation sites (tertiary alicyclic amines) is 1. The molecular formula is C25H28ClN7O. The monoisotopic (exact) mass is 477 g/mol. The SMILES string of the molecule is O=C(NCCN1CCCC1)Nc1ccc2cc1CCc1cccc(c1)Nc1ncc(Cl)c(n1)N2. The lowest BCUT2D eigenvalue weighted by Crippen LogP contribution is -2.36. The zero-order valence-corrected chi connectivity index (χ0v) is 19.7. The number of urea groups is 1. The van der Waals surface area contributed by atoms with E-state index in [4.69, 9.17) is 11.6 Å². The highest BCUT2D eigenvalue weighted by atomic mass is 35.5. The summed E-state index contributed by atoms with van der Waals surface area (Å²) in [5.41, 5.74) is 4.75. The molecule has 2 aliphatic rings. The van der Waals surface area contributed by atoms with Gasteiger partial charge in [0.2, 0.25) is 5.95 Å². The second-order valence-corrected chi connectivity index (χ2v) is 9.05. The van der Waals surface area contributed by atoms with Gasteiger partial charge in [0.1, 0.15) is 5.02 Å². The summed E-state index contributed by atoms with van der Waals surface area (Å²) in [5, 5.41) is 13.0. The van der Waals surface area contributed by atoms with E-state index in [0.29, 0.717) is 23.3 Å². The van der Waals surface area contributed by atoms with Crippen LogP contribution in [0.2, 0.25) is 5.02 Å². The molecule has 0 spiro atoms. The number of fused-ring (bicyclic) bond motifs is 6. The first-order chi connectivity index (χ1) is 16.6. The topological polar surface area (TPSA) is 94.2 Å². The van der Waals surface area contributed by atoms with Crippen LogP contribution in [-0.4, -0.2) is 47.1 Å². The molecule has 0 atom stereocenters. The van der Waals surface area contributed by atoms with Crippen molar-refractivity contribution in [2.75, 3.05) is 42.1 Å². The number of carbonyl (C=O) groups excluding carboxylic acids is 1. The first-order valence-electron chi connectivity index (χ1n) is 11.7. The maximum absolute atomic E-state index is 12.6. The molecule has 0 saturated carbocycles. The van der Waals surface area contributed by atoms with Crippen molar-refractivity contribution in [1.29, 1.82) is 0 Å². The summed E-state index contributed by atoms with van der Waals surface area (Å²) in [4.78, 5) is 23.8. The Balaban J connectivity index is 1.36. The highest BCUT2D eigenvalue weighted by Gasteiger charge is 2.14. The van der Waals surface area contributed by atoms with Gasteiger partial charge in [0.05, 0.1) is 6.20 Å². The number of carbonyl (C=O) groups is 1. The molecule has 3 heterocycles. The summed E-state index contributed by atoms with van der Waals surface area (Å²) in [6.45, 7) is 3.76. The van der Waals surface area contributed by atoms with Crippen LogP contribution in [0.5, 0.6) is 0 Å². The summed E-state index contributed by atoms with van der Waals surface area (Å²) in [6, 6.07) is 13.9. The first-order valence-corrected chi connectivity index (χ1v) is 12.1. The molecule has 2 amide bonds. The van der Waals surface area contributed by atoms with Crippen LogP contribution < -0.4 is 21.3 Å². The highest BCUT2D eigenvalue weighted by Crippen LogP contribution is 2.29. The lowest BCUT2D eigenvalue weighted by Gasteiger charge is -2.17. The van der Waals surface area contributed by atoms with Gasteiger partial charge in [0.25, 0.3) is 0 Å². The minimum atomic E-state index is -0.186. The fourth-order valence-corrected chi connectivity index (χ4v) is 4.50. The van der Waals surface area contributed by atoms with Gasteiger partial charge in [-0.15, -0.1) is 0 Å². The lowest BCUT2D eigenvalue weighted by molar-refractivity contribution is 0.249. The molecule has 1 aromatic heterocycles. The standard InChI is InChI=1S/C25H28ClN7O/c26-21-16-28-24-30-19-5-3-4-17(14-19)6-7-18-15-20(29-23(21)32-24)8-9-22(18)31-25(34)27-10-13-33-11-1-2-12-33/h3-5,8-9,14-16H,1-2,6-7,10-13H2,(H2,27,31,34)(H2,28,29,30,32). The predicted octanol–water partition coefficient (Wildman–Crippen LogP) is 4.93. The summed E-state index contributed by atoms with van der Waals surface area (Å²) < 4.78 is 0. The second kappa shape index (κ2) is 10.3. The molecule has 0 aliphatic carbocycles. The zero-order valence-electron chi connectivity index (χ0n) is 18.9. The smallest absolute Gasteiger partial charge is 0.319 e. The molecule has 2 aliphatic heterocycles. The van der Waals surface area contributed by atoms with E-state index in [2.05, 4.69) is 48.3 Å².